The number of rotatable bonds is 7. The van der Waals surface area contributed by atoms with Crippen LogP contribution in [0.5, 0.6) is 0 Å². The van der Waals surface area contributed by atoms with Gasteiger partial charge in [0.1, 0.15) is 17.2 Å². The highest BCUT2D eigenvalue weighted by Crippen LogP contribution is 2.30. The number of benzene rings is 2. The number of imidazole rings is 1. The normalized spacial score (nSPS) is 14.7. The van der Waals surface area contributed by atoms with Crippen molar-refractivity contribution in [1.82, 2.24) is 24.7 Å². The van der Waals surface area contributed by atoms with Crippen LogP contribution in [-0.4, -0.2) is 61.8 Å². The van der Waals surface area contributed by atoms with E-state index in [2.05, 4.69) is 25.1 Å². The van der Waals surface area contributed by atoms with Crippen molar-refractivity contribution < 1.29 is 14.6 Å². The van der Waals surface area contributed by atoms with Crippen molar-refractivity contribution in [3.8, 4) is 5.69 Å². The quantitative estimate of drug-likeness (QED) is 0.170. The first-order chi connectivity index (χ1) is 17.2. The number of aliphatic hydroxyl groups excluding tert-OH is 1. The summed E-state index contributed by atoms with van der Waals surface area (Å²) in [5.74, 6) is 0.317. The van der Waals surface area contributed by atoms with Crippen molar-refractivity contribution in [1.29, 1.82) is 0 Å². The fourth-order valence-corrected chi connectivity index (χ4v) is 5.01. The lowest BCUT2D eigenvalue weighted by molar-refractivity contribution is -0.133. The van der Waals surface area contributed by atoms with Gasteiger partial charge in [0.25, 0.3) is 0 Å². The summed E-state index contributed by atoms with van der Waals surface area (Å²) in [5.41, 5.74) is 2.39. The Balaban J connectivity index is 1.48. The van der Waals surface area contributed by atoms with Gasteiger partial charge in [-0.1, -0.05) is 42.1 Å². The van der Waals surface area contributed by atoms with Crippen molar-refractivity contribution in [2.75, 3.05) is 30.9 Å². The van der Waals surface area contributed by atoms with Gasteiger partial charge in [-0.2, -0.15) is 0 Å². The summed E-state index contributed by atoms with van der Waals surface area (Å²) in [6.45, 7) is 1.86. The average molecular weight is 491 g/mol. The highest BCUT2D eigenvalue weighted by Gasteiger charge is 2.25. The Hall–Kier alpha value is -3.79. The van der Waals surface area contributed by atoms with Crippen LogP contribution in [0.25, 0.3) is 22.3 Å². The van der Waals surface area contributed by atoms with Crippen LogP contribution in [0.3, 0.4) is 0 Å². The van der Waals surface area contributed by atoms with Gasteiger partial charge in [-0.05, 0) is 43.5 Å². The maximum Gasteiger partial charge on any atom is 0.345 e. The number of hydrogen-bond donors (Lipinski definition) is 2. The molecule has 2 N–H and O–H groups in total. The molecule has 3 heterocycles. The molecule has 0 atom stereocenters. The van der Waals surface area contributed by atoms with Crippen LogP contribution in [-0.2, 0) is 9.53 Å². The molecular weight excluding hydrogens is 464 g/mol. The lowest BCUT2D eigenvalue weighted by Crippen LogP contribution is -2.31. The second kappa shape index (κ2) is 10.2. The molecule has 0 spiro atoms. The standard InChI is InChI=1S/C25H26N6O3S/c1-34-23(33)21(22-26-18-12-6-7-13-19(18)27-22)20(32)16-35-25-29-28-24(30-14-8-3-9-15-30)31(25)17-10-4-2-5-11-17/h2,4-7,10-13,32H,3,8-9,14-16H2,1H3,(H,26,27)/b21-20+. The molecule has 4 aromatic rings. The van der Waals surface area contributed by atoms with Gasteiger partial charge in [-0.3, -0.25) is 4.57 Å². The number of carbonyl (C=O) groups is 1. The van der Waals surface area contributed by atoms with Crippen LogP contribution in [0.2, 0.25) is 0 Å². The summed E-state index contributed by atoms with van der Waals surface area (Å²) in [6.07, 6.45) is 3.45. The maximum atomic E-state index is 12.6. The number of aromatic amines is 1. The number of ether oxygens (including phenoxy) is 1. The first kappa shape index (κ1) is 23.0. The number of piperidine rings is 1. The molecule has 0 saturated carbocycles. The van der Waals surface area contributed by atoms with E-state index in [1.165, 1.54) is 25.3 Å². The predicted octanol–water partition coefficient (Wildman–Crippen LogP) is 4.37. The number of fused-ring (bicyclic) bond motifs is 1. The minimum Gasteiger partial charge on any atom is -0.510 e. The largest absolute Gasteiger partial charge is 0.510 e. The number of nitrogens with zero attached hydrogens (tertiary/aromatic N) is 5. The van der Waals surface area contributed by atoms with Gasteiger partial charge in [0.05, 0.1) is 29.6 Å². The SMILES string of the molecule is COC(=O)/C(=C(/O)CSc1nnc(N2CCCCC2)n1-c1ccccc1)c1nc2ccccc2[nH]1. The smallest absolute Gasteiger partial charge is 0.345 e. The van der Waals surface area contributed by atoms with E-state index in [1.54, 1.807) is 0 Å². The van der Waals surface area contributed by atoms with E-state index in [9.17, 15) is 9.90 Å². The molecule has 0 bridgehead atoms. The Morgan fingerprint density at radius 2 is 1.80 bits per heavy atom. The average Bonchev–Trinajstić information content (AvgIpc) is 3.52. The van der Waals surface area contributed by atoms with E-state index in [4.69, 9.17) is 4.74 Å². The van der Waals surface area contributed by atoms with Gasteiger partial charge >= 0.3 is 5.97 Å². The van der Waals surface area contributed by atoms with E-state index < -0.39 is 5.97 Å². The summed E-state index contributed by atoms with van der Waals surface area (Å²) in [6, 6.07) is 17.3. The zero-order valence-electron chi connectivity index (χ0n) is 19.3. The number of nitrogens with one attached hydrogen (secondary N) is 1. The van der Waals surface area contributed by atoms with Crippen molar-refractivity contribution in [2.45, 2.75) is 24.4 Å². The second-order valence-electron chi connectivity index (χ2n) is 8.21. The molecule has 1 fully saturated rings. The first-order valence-corrected chi connectivity index (χ1v) is 12.5. The third kappa shape index (κ3) is 4.74. The molecule has 2 aromatic heterocycles. The van der Waals surface area contributed by atoms with E-state index in [-0.39, 0.29) is 22.9 Å². The molecule has 0 amide bonds. The number of carbonyl (C=O) groups excluding carboxylic acids is 1. The van der Waals surface area contributed by atoms with Gasteiger partial charge in [0.2, 0.25) is 5.95 Å². The number of anilines is 1. The van der Waals surface area contributed by atoms with E-state index in [0.717, 1.165) is 43.1 Å². The molecule has 1 aliphatic rings. The fourth-order valence-electron chi connectivity index (χ4n) is 4.19. The zero-order chi connectivity index (χ0) is 24.2. The summed E-state index contributed by atoms with van der Waals surface area (Å²) in [5, 5.41) is 20.5. The highest BCUT2D eigenvalue weighted by atomic mass is 32.2. The van der Waals surface area contributed by atoms with E-state index in [1.807, 2.05) is 59.2 Å². The minimum atomic E-state index is -0.666. The van der Waals surface area contributed by atoms with E-state index in [0.29, 0.717) is 10.7 Å². The van der Waals surface area contributed by atoms with Crippen LogP contribution < -0.4 is 4.90 Å². The fraction of sp³-hybridized carbons (Fsp3) is 0.280. The molecule has 35 heavy (non-hydrogen) atoms. The molecule has 2 aromatic carbocycles. The van der Waals surface area contributed by atoms with Crippen LogP contribution in [0, 0.1) is 0 Å². The Bertz CT molecular complexity index is 1330. The van der Waals surface area contributed by atoms with Gasteiger partial charge in [0, 0.05) is 13.1 Å². The summed E-state index contributed by atoms with van der Waals surface area (Å²) < 4.78 is 6.95. The number of para-hydroxylation sites is 3. The predicted molar refractivity (Wildman–Crippen MR) is 136 cm³/mol. The van der Waals surface area contributed by atoms with Crippen LogP contribution >= 0.6 is 11.8 Å². The Labute approximate surface area is 206 Å². The van der Waals surface area contributed by atoms with Gasteiger partial charge in [0.15, 0.2) is 5.16 Å². The third-order valence-electron chi connectivity index (χ3n) is 5.91. The van der Waals surface area contributed by atoms with Crippen molar-refractivity contribution in [3.63, 3.8) is 0 Å². The second-order valence-corrected chi connectivity index (χ2v) is 9.15. The lowest BCUT2D eigenvalue weighted by atomic mass is 10.1. The first-order valence-electron chi connectivity index (χ1n) is 11.5. The van der Waals surface area contributed by atoms with Crippen molar-refractivity contribution in [3.05, 3.63) is 66.2 Å². The number of aliphatic hydroxyl groups is 1. The zero-order valence-corrected chi connectivity index (χ0v) is 20.2. The van der Waals surface area contributed by atoms with Gasteiger partial charge in [-0.25, -0.2) is 9.78 Å². The molecule has 10 heteroatoms. The maximum absolute atomic E-state index is 12.6. The van der Waals surface area contributed by atoms with Crippen LogP contribution in [0.4, 0.5) is 5.95 Å². The molecule has 0 unspecified atom stereocenters. The van der Waals surface area contributed by atoms with Crippen LogP contribution in [0.15, 0.2) is 65.5 Å². The minimum absolute atomic E-state index is 0.00164. The van der Waals surface area contributed by atoms with Gasteiger partial charge in [-0.15, -0.1) is 10.2 Å². The Morgan fingerprint density at radius 1 is 1.06 bits per heavy atom. The summed E-state index contributed by atoms with van der Waals surface area (Å²) in [7, 11) is 1.28. The molecule has 5 rings (SSSR count). The molecule has 0 aliphatic carbocycles. The van der Waals surface area contributed by atoms with Crippen molar-refractivity contribution in [2.24, 2.45) is 0 Å². The lowest BCUT2D eigenvalue weighted by Gasteiger charge is -2.27. The number of thioether (sulfide) groups is 1. The van der Waals surface area contributed by atoms with Crippen molar-refractivity contribution >= 4 is 40.3 Å². The van der Waals surface area contributed by atoms with Crippen LogP contribution in [0.1, 0.15) is 25.1 Å². The number of methoxy groups -OCH3 is 1. The third-order valence-corrected chi connectivity index (χ3v) is 6.85. The molecular formula is C25H26N6O3S. The number of aromatic nitrogens is 5. The Morgan fingerprint density at radius 3 is 2.54 bits per heavy atom. The summed E-state index contributed by atoms with van der Waals surface area (Å²) >= 11 is 1.30. The molecule has 0 radical (unpaired) electrons. The summed E-state index contributed by atoms with van der Waals surface area (Å²) in [4.78, 5) is 22.4. The molecule has 1 saturated heterocycles. The molecule has 1 aliphatic heterocycles. The number of hydrogen-bond acceptors (Lipinski definition) is 8. The number of H-pyrrole nitrogens is 1. The molecule has 9 nitrogen and oxygen atoms in total. The van der Waals surface area contributed by atoms with Gasteiger partial charge < -0.3 is 19.7 Å². The monoisotopic (exact) mass is 490 g/mol. The topological polar surface area (TPSA) is 109 Å². The Kier molecular flexibility index (Phi) is 6.71. The van der Waals surface area contributed by atoms with E-state index >= 15 is 0 Å². The highest BCUT2D eigenvalue weighted by molar-refractivity contribution is 7.99. The number of esters is 1. The molecule has 180 valence electrons.